The van der Waals surface area contributed by atoms with E-state index in [0.29, 0.717) is 18.4 Å². The minimum Gasteiger partial charge on any atom is -0.347 e. The summed E-state index contributed by atoms with van der Waals surface area (Å²) in [6, 6.07) is 4.62. The quantitative estimate of drug-likeness (QED) is 0.676. The molecule has 188 valence electrons. The summed E-state index contributed by atoms with van der Waals surface area (Å²) in [7, 11) is 0. The standard InChI is InChI=1S/C28H42FN3O2/c1-20(33)32-15-6-5-7-25(32)26(34)30-24-10-11-28(23-19-21(29)8-9-22(23)24)13-17-31(18-14-28)16-12-27(2,3)4/h8-9,19,24-25H,5-7,10-18H2,1-4H3,(H,30,34)/t24-,25-/m0/s1. The zero-order valence-corrected chi connectivity index (χ0v) is 21.5. The Morgan fingerprint density at radius 1 is 1.09 bits per heavy atom. The Morgan fingerprint density at radius 2 is 1.82 bits per heavy atom. The second kappa shape index (κ2) is 9.96. The van der Waals surface area contributed by atoms with Crippen LogP contribution in [0.15, 0.2) is 18.2 Å². The van der Waals surface area contributed by atoms with Crippen LogP contribution in [0.3, 0.4) is 0 Å². The van der Waals surface area contributed by atoms with Gasteiger partial charge in [0.15, 0.2) is 0 Å². The van der Waals surface area contributed by atoms with Crippen LogP contribution in [-0.4, -0.2) is 53.8 Å². The van der Waals surface area contributed by atoms with E-state index >= 15 is 0 Å². The molecule has 5 nitrogen and oxygen atoms in total. The van der Waals surface area contributed by atoms with Gasteiger partial charge in [0.1, 0.15) is 11.9 Å². The summed E-state index contributed by atoms with van der Waals surface area (Å²) >= 11 is 0. The SMILES string of the molecule is CC(=O)N1CCCC[C@H]1C(=O)N[C@H]1CCC2(CCN(CCC(C)(C)C)CC2)c2cc(F)ccc21. The minimum atomic E-state index is -0.392. The number of fused-ring (bicyclic) bond motifs is 2. The number of nitrogens with one attached hydrogen (secondary N) is 1. The second-order valence-electron chi connectivity index (χ2n) is 12.0. The third-order valence-electron chi connectivity index (χ3n) is 8.39. The van der Waals surface area contributed by atoms with Crippen LogP contribution in [0, 0.1) is 11.2 Å². The number of carbonyl (C=O) groups excluding carboxylic acids is 2. The molecule has 1 spiro atoms. The number of amides is 2. The van der Waals surface area contributed by atoms with Crippen molar-refractivity contribution in [3.8, 4) is 0 Å². The molecule has 2 heterocycles. The summed E-state index contributed by atoms with van der Waals surface area (Å²) in [5.41, 5.74) is 2.48. The van der Waals surface area contributed by atoms with E-state index in [0.717, 1.165) is 69.3 Å². The zero-order chi connectivity index (χ0) is 24.5. The van der Waals surface area contributed by atoms with Crippen molar-refractivity contribution < 1.29 is 14.0 Å². The molecule has 6 heteroatoms. The molecule has 3 aliphatic rings. The van der Waals surface area contributed by atoms with Crippen LogP contribution < -0.4 is 5.32 Å². The van der Waals surface area contributed by atoms with Gasteiger partial charge in [-0.05, 0) is 105 Å². The van der Waals surface area contributed by atoms with Gasteiger partial charge in [-0.25, -0.2) is 4.39 Å². The van der Waals surface area contributed by atoms with Gasteiger partial charge < -0.3 is 15.1 Å². The van der Waals surface area contributed by atoms with Crippen molar-refractivity contribution in [2.45, 2.75) is 96.6 Å². The normalized spacial score (nSPS) is 25.1. The number of halogens is 1. The van der Waals surface area contributed by atoms with Crippen LogP contribution in [0.2, 0.25) is 0 Å². The highest BCUT2D eigenvalue weighted by atomic mass is 19.1. The van der Waals surface area contributed by atoms with Gasteiger partial charge >= 0.3 is 0 Å². The molecule has 4 rings (SSSR count). The van der Waals surface area contributed by atoms with Crippen molar-refractivity contribution in [3.63, 3.8) is 0 Å². The molecule has 1 aromatic carbocycles. The number of hydrogen-bond donors (Lipinski definition) is 1. The Kier molecular flexibility index (Phi) is 7.37. The van der Waals surface area contributed by atoms with Gasteiger partial charge in [-0.3, -0.25) is 9.59 Å². The highest BCUT2D eigenvalue weighted by molar-refractivity contribution is 5.87. The van der Waals surface area contributed by atoms with E-state index in [4.69, 9.17) is 0 Å². The predicted octanol–water partition coefficient (Wildman–Crippen LogP) is 4.95. The van der Waals surface area contributed by atoms with E-state index in [-0.39, 0.29) is 29.1 Å². The molecule has 34 heavy (non-hydrogen) atoms. The van der Waals surface area contributed by atoms with Crippen LogP contribution in [-0.2, 0) is 15.0 Å². The molecular formula is C28H42FN3O2. The molecule has 2 amide bonds. The summed E-state index contributed by atoms with van der Waals surface area (Å²) in [5.74, 6) is -0.304. The van der Waals surface area contributed by atoms with Gasteiger partial charge in [0.05, 0.1) is 6.04 Å². The number of rotatable bonds is 4. The van der Waals surface area contributed by atoms with Crippen LogP contribution >= 0.6 is 0 Å². The first kappa shape index (κ1) is 25.2. The van der Waals surface area contributed by atoms with Crippen molar-refractivity contribution >= 4 is 11.8 Å². The fraction of sp³-hybridized carbons (Fsp3) is 0.714. The number of benzene rings is 1. The summed E-state index contributed by atoms with van der Waals surface area (Å²) in [6.07, 6.45) is 7.69. The van der Waals surface area contributed by atoms with Crippen LogP contribution in [0.4, 0.5) is 4.39 Å². The van der Waals surface area contributed by atoms with E-state index in [1.165, 1.54) is 12.5 Å². The number of nitrogens with zero attached hydrogens (tertiary/aromatic N) is 2. The summed E-state index contributed by atoms with van der Waals surface area (Å²) in [6.45, 7) is 12.2. The van der Waals surface area contributed by atoms with E-state index in [2.05, 4.69) is 31.0 Å². The summed E-state index contributed by atoms with van der Waals surface area (Å²) in [5, 5.41) is 3.25. The van der Waals surface area contributed by atoms with Crippen molar-refractivity contribution in [2.75, 3.05) is 26.2 Å². The van der Waals surface area contributed by atoms with Crippen LogP contribution in [0.1, 0.15) is 96.2 Å². The maximum atomic E-state index is 14.4. The molecule has 2 fully saturated rings. The Hall–Kier alpha value is -1.95. The predicted molar refractivity (Wildman–Crippen MR) is 133 cm³/mol. The smallest absolute Gasteiger partial charge is 0.243 e. The topological polar surface area (TPSA) is 52.7 Å². The fourth-order valence-corrected chi connectivity index (χ4v) is 6.22. The monoisotopic (exact) mass is 471 g/mol. The third kappa shape index (κ3) is 5.48. The summed E-state index contributed by atoms with van der Waals surface area (Å²) in [4.78, 5) is 29.6. The number of likely N-dealkylation sites (tertiary alicyclic amines) is 2. The average Bonchev–Trinajstić information content (AvgIpc) is 2.80. The maximum absolute atomic E-state index is 14.4. The van der Waals surface area contributed by atoms with Gasteiger partial charge in [-0.15, -0.1) is 0 Å². The number of carbonyl (C=O) groups is 2. The maximum Gasteiger partial charge on any atom is 0.243 e. The molecule has 0 radical (unpaired) electrons. The van der Waals surface area contributed by atoms with Crippen LogP contribution in [0.25, 0.3) is 0 Å². The molecule has 2 saturated heterocycles. The molecule has 2 aliphatic heterocycles. The van der Waals surface area contributed by atoms with Crippen molar-refractivity contribution in [2.24, 2.45) is 5.41 Å². The first-order valence-electron chi connectivity index (χ1n) is 13.2. The van der Waals surface area contributed by atoms with Crippen molar-refractivity contribution in [3.05, 3.63) is 35.1 Å². The van der Waals surface area contributed by atoms with E-state index in [1.54, 1.807) is 17.9 Å². The molecule has 0 saturated carbocycles. The number of piperidine rings is 2. The lowest BCUT2D eigenvalue weighted by molar-refractivity contribution is -0.141. The van der Waals surface area contributed by atoms with Crippen LogP contribution in [0.5, 0.6) is 0 Å². The lowest BCUT2D eigenvalue weighted by atomic mass is 9.63. The minimum absolute atomic E-state index is 0.00679. The Labute approximate surface area is 204 Å². The molecule has 0 aromatic heterocycles. The Morgan fingerprint density at radius 3 is 2.50 bits per heavy atom. The highest BCUT2D eigenvalue weighted by Gasteiger charge is 2.43. The molecule has 1 aliphatic carbocycles. The first-order valence-corrected chi connectivity index (χ1v) is 13.2. The molecule has 0 bridgehead atoms. The average molecular weight is 472 g/mol. The molecular weight excluding hydrogens is 429 g/mol. The largest absolute Gasteiger partial charge is 0.347 e. The summed E-state index contributed by atoms with van der Waals surface area (Å²) < 4.78 is 14.4. The highest BCUT2D eigenvalue weighted by Crippen LogP contribution is 2.48. The van der Waals surface area contributed by atoms with E-state index in [9.17, 15) is 14.0 Å². The van der Waals surface area contributed by atoms with Gasteiger partial charge in [0, 0.05) is 13.5 Å². The molecule has 0 unspecified atom stereocenters. The lowest BCUT2D eigenvalue weighted by Gasteiger charge is -2.48. The van der Waals surface area contributed by atoms with Gasteiger partial charge in [-0.1, -0.05) is 26.8 Å². The van der Waals surface area contributed by atoms with Gasteiger partial charge in [-0.2, -0.15) is 0 Å². The Balaban J connectivity index is 1.49. The van der Waals surface area contributed by atoms with Crippen molar-refractivity contribution in [1.82, 2.24) is 15.1 Å². The first-order chi connectivity index (χ1) is 16.1. The zero-order valence-electron chi connectivity index (χ0n) is 21.5. The van der Waals surface area contributed by atoms with Crippen molar-refractivity contribution in [1.29, 1.82) is 0 Å². The van der Waals surface area contributed by atoms with Gasteiger partial charge in [0.2, 0.25) is 11.8 Å². The van der Waals surface area contributed by atoms with Gasteiger partial charge in [0.25, 0.3) is 0 Å². The third-order valence-corrected chi connectivity index (χ3v) is 8.39. The molecule has 1 N–H and O–H groups in total. The Bertz CT molecular complexity index is 901. The second-order valence-corrected chi connectivity index (χ2v) is 12.0. The fourth-order valence-electron chi connectivity index (χ4n) is 6.22. The molecule has 2 atom stereocenters. The van der Waals surface area contributed by atoms with E-state index < -0.39 is 6.04 Å². The number of hydrogen-bond acceptors (Lipinski definition) is 3. The van der Waals surface area contributed by atoms with E-state index in [1.807, 2.05) is 6.07 Å². The molecule has 1 aromatic rings. The lowest BCUT2D eigenvalue weighted by Crippen LogP contribution is -2.53.